The van der Waals surface area contributed by atoms with Crippen molar-refractivity contribution in [2.45, 2.75) is 32.7 Å². The van der Waals surface area contributed by atoms with Crippen LogP contribution in [0.4, 0.5) is 0 Å². The molecule has 0 aromatic carbocycles. The van der Waals surface area contributed by atoms with E-state index >= 15 is 0 Å². The second kappa shape index (κ2) is 7.03. The van der Waals surface area contributed by atoms with Crippen LogP contribution in [-0.4, -0.2) is 56.1 Å². The SMILES string of the molecule is CN(CCN1CCNCC1)Cc1ccc(C(C)(C)C)s1. The Morgan fingerprint density at radius 2 is 1.95 bits per heavy atom. The zero-order valence-corrected chi connectivity index (χ0v) is 14.2. The van der Waals surface area contributed by atoms with Gasteiger partial charge in [-0.2, -0.15) is 0 Å². The minimum Gasteiger partial charge on any atom is -0.314 e. The summed E-state index contributed by atoms with van der Waals surface area (Å²) >= 11 is 1.96. The maximum Gasteiger partial charge on any atom is 0.0325 e. The summed E-state index contributed by atoms with van der Waals surface area (Å²) < 4.78 is 0. The Morgan fingerprint density at radius 3 is 2.55 bits per heavy atom. The number of hydrogen-bond acceptors (Lipinski definition) is 4. The molecule has 1 aliphatic heterocycles. The maximum absolute atomic E-state index is 3.41. The molecule has 1 aliphatic rings. The van der Waals surface area contributed by atoms with E-state index in [2.05, 4.69) is 55.1 Å². The van der Waals surface area contributed by atoms with Gasteiger partial charge in [-0.05, 0) is 24.6 Å². The average Bonchev–Trinajstić information content (AvgIpc) is 2.86. The van der Waals surface area contributed by atoms with Crippen molar-refractivity contribution in [1.82, 2.24) is 15.1 Å². The minimum absolute atomic E-state index is 0.280. The number of piperazine rings is 1. The topological polar surface area (TPSA) is 18.5 Å². The molecule has 0 unspecified atom stereocenters. The van der Waals surface area contributed by atoms with E-state index in [4.69, 9.17) is 0 Å². The molecule has 0 aliphatic carbocycles. The molecule has 2 heterocycles. The zero-order chi connectivity index (χ0) is 14.6. The van der Waals surface area contributed by atoms with E-state index < -0.39 is 0 Å². The normalized spacial score (nSPS) is 17.9. The molecule has 2 rings (SSSR count). The van der Waals surface area contributed by atoms with Gasteiger partial charge in [0.1, 0.15) is 0 Å². The van der Waals surface area contributed by atoms with Gasteiger partial charge in [0.25, 0.3) is 0 Å². The van der Waals surface area contributed by atoms with Gasteiger partial charge in [0.15, 0.2) is 0 Å². The molecule has 0 bridgehead atoms. The zero-order valence-electron chi connectivity index (χ0n) is 13.4. The van der Waals surface area contributed by atoms with E-state index in [0.29, 0.717) is 0 Å². The molecule has 1 aromatic heterocycles. The van der Waals surface area contributed by atoms with Crippen molar-refractivity contribution in [3.63, 3.8) is 0 Å². The third-order valence-corrected chi connectivity index (χ3v) is 5.33. The molecule has 1 fully saturated rings. The van der Waals surface area contributed by atoms with Crippen molar-refractivity contribution in [2.24, 2.45) is 0 Å². The Labute approximate surface area is 128 Å². The predicted octanol–water partition coefficient (Wildman–Crippen LogP) is 2.38. The summed E-state index contributed by atoms with van der Waals surface area (Å²) in [6.07, 6.45) is 0. The van der Waals surface area contributed by atoms with Crippen molar-refractivity contribution >= 4 is 11.3 Å². The number of hydrogen-bond donors (Lipinski definition) is 1. The first kappa shape index (κ1) is 16.0. The lowest BCUT2D eigenvalue weighted by molar-refractivity contribution is 0.203. The Balaban J connectivity index is 1.76. The predicted molar refractivity (Wildman–Crippen MR) is 88.7 cm³/mol. The largest absolute Gasteiger partial charge is 0.314 e. The summed E-state index contributed by atoms with van der Waals surface area (Å²) in [5.74, 6) is 0. The maximum atomic E-state index is 3.41. The molecule has 0 atom stereocenters. The highest BCUT2D eigenvalue weighted by atomic mass is 32.1. The van der Waals surface area contributed by atoms with Crippen LogP contribution in [0, 0.1) is 0 Å². The lowest BCUT2D eigenvalue weighted by Crippen LogP contribution is -2.45. The molecule has 0 spiro atoms. The van der Waals surface area contributed by atoms with Crippen LogP contribution in [0.3, 0.4) is 0 Å². The summed E-state index contributed by atoms with van der Waals surface area (Å²) in [6, 6.07) is 4.59. The number of nitrogens with zero attached hydrogens (tertiary/aromatic N) is 2. The number of rotatable bonds is 5. The van der Waals surface area contributed by atoms with Crippen molar-refractivity contribution in [1.29, 1.82) is 0 Å². The van der Waals surface area contributed by atoms with Crippen molar-refractivity contribution in [3.05, 3.63) is 21.9 Å². The first-order valence-electron chi connectivity index (χ1n) is 7.66. The third-order valence-electron chi connectivity index (χ3n) is 3.83. The van der Waals surface area contributed by atoms with Gasteiger partial charge in [0.05, 0.1) is 0 Å². The molecule has 20 heavy (non-hydrogen) atoms. The number of likely N-dealkylation sites (N-methyl/N-ethyl adjacent to an activating group) is 1. The van der Waals surface area contributed by atoms with Gasteiger partial charge >= 0.3 is 0 Å². The molecule has 114 valence electrons. The first-order chi connectivity index (χ1) is 9.45. The standard InChI is InChI=1S/C16H29N3S/c1-16(2,3)15-6-5-14(20-15)13-18(4)11-12-19-9-7-17-8-10-19/h5-6,17H,7-13H2,1-4H3. The molecular weight excluding hydrogens is 266 g/mol. The fraction of sp³-hybridized carbons (Fsp3) is 0.750. The molecule has 1 saturated heterocycles. The van der Waals surface area contributed by atoms with Crippen LogP contribution in [0.5, 0.6) is 0 Å². The molecule has 0 saturated carbocycles. The molecule has 4 heteroatoms. The van der Waals surface area contributed by atoms with Crippen LogP contribution in [-0.2, 0) is 12.0 Å². The van der Waals surface area contributed by atoms with Gasteiger partial charge in [-0.1, -0.05) is 20.8 Å². The molecule has 0 amide bonds. The van der Waals surface area contributed by atoms with Gasteiger partial charge in [-0.3, -0.25) is 4.90 Å². The van der Waals surface area contributed by atoms with Gasteiger partial charge in [-0.25, -0.2) is 0 Å². The lowest BCUT2D eigenvalue weighted by Gasteiger charge is -2.29. The summed E-state index contributed by atoms with van der Waals surface area (Å²) in [5, 5.41) is 3.41. The van der Waals surface area contributed by atoms with Crippen LogP contribution < -0.4 is 5.32 Å². The van der Waals surface area contributed by atoms with E-state index in [1.54, 1.807) is 0 Å². The highest BCUT2D eigenvalue weighted by Gasteiger charge is 2.16. The van der Waals surface area contributed by atoms with E-state index in [1.165, 1.54) is 29.4 Å². The minimum atomic E-state index is 0.280. The van der Waals surface area contributed by atoms with E-state index in [-0.39, 0.29) is 5.41 Å². The Bertz CT molecular complexity index is 402. The summed E-state index contributed by atoms with van der Waals surface area (Å²) in [6.45, 7) is 15.0. The molecule has 1 N–H and O–H groups in total. The van der Waals surface area contributed by atoms with Gasteiger partial charge in [-0.15, -0.1) is 11.3 Å². The fourth-order valence-electron chi connectivity index (χ4n) is 2.46. The van der Waals surface area contributed by atoms with Crippen molar-refractivity contribution in [2.75, 3.05) is 46.3 Å². The summed E-state index contributed by atoms with van der Waals surface area (Å²) in [7, 11) is 2.23. The van der Waals surface area contributed by atoms with Crippen LogP contribution >= 0.6 is 11.3 Å². The Hall–Kier alpha value is -0.420. The third kappa shape index (κ3) is 4.85. The van der Waals surface area contributed by atoms with Crippen molar-refractivity contribution < 1.29 is 0 Å². The Morgan fingerprint density at radius 1 is 1.25 bits per heavy atom. The number of thiophene rings is 1. The van der Waals surface area contributed by atoms with Crippen LogP contribution in [0.2, 0.25) is 0 Å². The van der Waals surface area contributed by atoms with Crippen LogP contribution in [0.1, 0.15) is 30.5 Å². The van der Waals surface area contributed by atoms with Crippen LogP contribution in [0.25, 0.3) is 0 Å². The van der Waals surface area contributed by atoms with E-state index in [1.807, 2.05) is 11.3 Å². The monoisotopic (exact) mass is 295 g/mol. The number of nitrogens with one attached hydrogen (secondary N) is 1. The molecule has 3 nitrogen and oxygen atoms in total. The summed E-state index contributed by atoms with van der Waals surface area (Å²) in [4.78, 5) is 7.98. The molecule has 1 aromatic rings. The second-order valence-corrected chi connectivity index (χ2v) is 8.01. The van der Waals surface area contributed by atoms with Crippen molar-refractivity contribution in [3.8, 4) is 0 Å². The molecular formula is C16H29N3S. The quantitative estimate of drug-likeness (QED) is 0.900. The second-order valence-electron chi connectivity index (χ2n) is 6.85. The van der Waals surface area contributed by atoms with E-state index in [9.17, 15) is 0 Å². The van der Waals surface area contributed by atoms with Crippen LogP contribution in [0.15, 0.2) is 12.1 Å². The highest BCUT2D eigenvalue weighted by molar-refractivity contribution is 7.12. The van der Waals surface area contributed by atoms with Gasteiger partial charge in [0, 0.05) is 55.6 Å². The van der Waals surface area contributed by atoms with Gasteiger partial charge in [0.2, 0.25) is 0 Å². The van der Waals surface area contributed by atoms with Gasteiger partial charge < -0.3 is 10.2 Å². The lowest BCUT2D eigenvalue weighted by atomic mass is 9.95. The summed E-state index contributed by atoms with van der Waals surface area (Å²) in [5.41, 5.74) is 0.280. The average molecular weight is 295 g/mol. The highest BCUT2D eigenvalue weighted by Crippen LogP contribution is 2.29. The fourth-order valence-corrected chi connectivity index (χ4v) is 3.60. The van der Waals surface area contributed by atoms with E-state index in [0.717, 1.165) is 26.2 Å². The first-order valence-corrected chi connectivity index (χ1v) is 8.47. The Kier molecular flexibility index (Phi) is 5.61. The molecule has 0 radical (unpaired) electrons. The smallest absolute Gasteiger partial charge is 0.0325 e.